The second-order valence-electron chi connectivity index (χ2n) is 8.06. The highest BCUT2D eigenvalue weighted by Gasteiger charge is 2.38. The topological polar surface area (TPSA) is 44.4 Å². The zero-order valence-electron chi connectivity index (χ0n) is 17.2. The molecule has 0 spiro atoms. The Morgan fingerprint density at radius 1 is 0.846 bits per heavy atom. The predicted octanol–water partition coefficient (Wildman–Crippen LogP) is 6.49. The van der Waals surface area contributed by atoms with Crippen LogP contribution in [-0.2, 0) is 4.57 Å². The van der Waals surface area contributed by atoms with Crippen LogP contribution < -0.4 is 10.2 Å². The molecule has 0 heterocycles. The first-order chi connectivity index (χ1) is 12.7. The van der Waals surface area contributed by atoms with E-state index in [1.165, 1.54) is 64.2 Å². The van der Waals surface area contributed by atoms with Crippen LogP contribution in [0, 0.1) is 0 Å². The Labute approximate surface area is 166 Å². The van der Waals surface area contributed by atoms with Crippen LogP contribution in [0.3, 0.4) is 0 Å². The van der Waals surface area contributed by atoms with Crippen LogP contribution in [-0.4, -0.2) is 28.5 Å². The molecular weight excluding hydrogens is 361 g/mol. The summed E-state index contributed by atoms with van der Waals surface area (Å²) in [5.41, 5.74) is 0. The van der Waals surface area contributed by atoms with Crippen molar-refractivity contribution in [2.75, 3.05) is 13.1 Å². The summed E-state index contributed by atoms with van der Waals surface area (Å²) in [5.74, 6) is 0. The third kappa shape index (κ3) is 7.47. The summed E-state index contributed by atoms with van der Waals surface area (Å²) in [6, 6.07) is 0.463. The molecule has 0 unspecified atom stereocenters. The van der Waals surface area contributed by atoms with Gasteiger partial charge in [0.25, 0.3) is 7.59 Å². The number of rotatable bonds is 12. The minimum absolute atomic E-state index is 0.463. The molecule has 4 nitrogen and oxygen atoms in total. The van der Waals surface area contributed by atoms with Crippen LogP contribution in [0.4, 0.5) is 0 Å². The molecule has 2 aliphatic rings. The molecule has 26 heavy (non-hydrogen) atoms. The molecule has 0 aliphatic heterocycles. The van der Waals surface area contributed by atoms with Crippen molar-refractivity contribution in [2.24, 2.45) is 0 Å². The Morgan fingerprint density at radius 3 is 1.85 bits per heavy atom. The first-order valence-electron chi connectivity index (χ1n) is 11.3. The van der Waals surface area contributed by atoms with E-state index in [1.54, 1.807) is 0 Å². The molecule has 2 N–H and O–H groups in total. The van der Waals surface area contributed by atoms with Crippen LogP contribution in [0.5, 0.6) is 0 Å². The van der Waals surface area contributed by atoms with Crippen molar-refractivity contribution in [3.8, 4) is 0 Å². The average molecular weight is 404 g/mol. The SMILES string of the molecule is CCCCNP(=O)(NCCCC)N(SC1CCCCC1)C1CCCCC1. The number of hydrogen-bond acceptors (Lipinski definition) is 2. The Hall–Kier alpha value is 0.460. The molecule has 154 valence electrons. The number of nitrogens with one attached hydrogen (secondary N) is 2. The van der Waals surface area contributed by atoms with E-state index in [-0.39, 0.29) is 0 Å². The maximum Gasteiger partial charge on any atom is 0.291 e. The van der Waals surface area contributed by atoms with E-state index in [0.717, 1.165) is 38.8 Å². The standard InChI is InChI=1S/C20H42N3OPS/c1-3-5-17-21-25(24,22-18-6-4-2)23(19-13-9-7-10-14-19)26-20-15-11-8-12-16-20/h19-20H,3-18H2,1-2H3,(H2,21,22,24). The molecule has 0 bridgehead atoms. The summed E-state index contributed by atoms with van der Waals surface area (Å²) in [6.45, 7) is 6.10. The van der Waals surface area contributed by atoms with Gasteiger partial charge in [-0.05, 0) is 38.5 Å². The summed E-state index contributed by atoms with van der Waals surface area (Å²) < 4.78 is 16.5. The molecule has 0 aromatic carbocycles. The average Bonchev–Trinajstić information content (AvgIpc) is 2.68. The minimum atomic E-state index is -2.73. The maximum absolute atomic E-state index is 14.1. The first-order valence-corrected chi connectivity index (χ1v) is 13.8. The van der Waals surface area contributed by atoms with Gasteiger partial charge < -0.3 is 0 Å². The maximum atomic E-state index is 14.1. The van der Waals surface area contributed by atoms with Gasteiger partial charge in [0.2, 0.25) is 0 Å². The van der Waals surface area contributed by atoms with E-state index in [4.69, 9.17) is 0 Å². The van der Waals surface area contributed by atoms with Crippen LogP contribution >= 0.6 is 19.5 Å². The minimum Gasteiger partial charge on any atom is -0.270 e. The van der Waals surface area contributed by atoms with E-state index < -0.39 is 7.59 Å². The van der Waals surface area contributed by atoms with Gasteiger partial charge in [0.1, 0.15) is 0 Å². The first kappa shape index (κ1) is 22.7. The van der Waals surface area contributed by atoms with Crippen molar-refractivity contribution >= 4 is 19.5 Å². The zero-order chi connectivity index (χ0) is 18.7. The van der Waals surface area contributed by atoms with Crippen LogP contribution in [0.1, 0.15) is 104 Å². The van der Waals surface area contributed by atoms with E-state index in [9.17, 15) is 4.57 Å². The van der Waals surface area contributed by atoms with E-state index in [2.05, 4.69) is 28.1 Å². The van der Waals surface area contributed by atoms with E-state index in [1.807, 2.05) is 11.9 Å². The Bertz CT molecular complexity index is 398. The van der Waals surface area contributed by atoms with Gasteiger partial charge in [-0.25, -0.2) is 10.2 Å². The lowest BCUT2D eigenvalue weighted by atomic mass is 9.96. The molecule has 6 heteroatoms. The van der Waals surface area contributed by atoms with Crippen molar-refractivity contribution in [1.82, 2.24) is 14.3 Å². The Kier molecular flexibility index (Phi) is 11.2. The molecule has 0 aromatic heterocycles. The number of unbranched alkanes of at least 4 members (excludes halogenated alkanes) is 2. The predicted molar refractivity (Wildman–Crippen MR) is 117 cm³/mol. The fourth-order valence-electron chi connectivity index (χ4n) is 4.02. The molecule has 0 amide bonds. The fourth-order valence-corrected chi connectivity index (χ4v) is 8.53. The molecule has 2 saturated carbocycles. The Balaban J connectivity index is 2.11. The van der Waals surface area contributed by atoms with E-state index >= 15 is 0 Å². The zero-order valence-corrected chi connectivity index (χ0v) is 18.9. The molecule has 2 aliphatic carbocycles. The quantitative estimate of drug-likeness (QED) is 0.221. The highest BCUT2D eigenvalue weighted by atomic mass is 32.2. The molecular formula is C20H42N3OPS. The third-order valence-electron chi connectivity index (χ3n) is 5.69. The van der Waals surface area contributed by atoms with Gasteiger partial charge in [0.05, 0.1) is 0 Å². The molecule has 2 rings (SSSR count). The third-order valence-corrected chi connectivity index (χ3v) is 10.1. The molecule has 2 fully saturated rings. The molecule has 0 radical (unpaired) electrons. The summed E-state index contributed by atoms with van der Waals surface area (Å²) >= 11 is 1.94. The van der Waals surface area contributed by atoms with Gasteiger partial charge in [-0.1, -0.05) is 77.2 Å². The summed E-state index contributed by atoms with van der Waals surface area (Å²) in [6.07, 6.45) is 17.4. The second kappa shape index (κ2) is 12.8. The van der Waals surface area contributed by atoms with Gasteiger partial charge >= 0.3 is 0 Å². The Morgan fingerprint density at radius 2 is 1.35 bits per heavy atom. The highest BCUT2D eigenvalue weighted by molar-refractivity contribution is 8.02. The van der Waals surface area contributed by atoms with Crippen molar-refractivity contribution in [1.29, 1.82) is 0 Å². The van der Waals surface area contributed by atoms with Crippen molar-refractivity contribution < 1.29 is 4.57 Å². The molecule has 0 saturated heterocycles. The smallest absolute Gasteiger partial charge is 0.270 e. The van der Waals surface area contributed by atoms with Crippen LogP contribution in [0.2, 0.25) is 0 Å². The van der Waals surface area contributed by atoms with Gasteiger partial charge in [0, 0.05) is 24.4 Å². The van der Waals surface area contributed by atoms with Gasteiger partial charge in [-0.3, -0.25) is 4.57 Å². The molecule has 0 atom stereocenters. The monoisotopic (exact) mass is 403 g/mol. The number of nitrogens with zero attached hydrogens (tertiary/aromatic N) is 1. The van der Waals surface area contributed by atoms with E-state index in [0.29, 0.717) is 11.3 Å². The highest BCUT2D eigenvalue weighted by Crippen LogP contribution is 2.52. The lowest BCUT2D eigenvalue weighted by Crippen LogP contribution is -2.40. The number of hydrogen-bond donors (Lipinski definition) is 2. The fraction of sp³-hybridized carbons (Fsp3) is 1.00. The second-order valence-corrected chi connectivity index (χ2v) is 11.8. The normalized spacial score (nSPS) is 20.7. The summed E-state index contributed by atoms with van der Waals surface area (Å²) in [4.78, 5) is 0. The largest absolute Gasteiger partial charge is 0.291 e. The van der Waals surface area contributed by atoms with Gasteiger partial charge in [-0.15, -0.1) is 0 Å². The van der Waals surface area contributed by atoms with Gasteiger partial charge in [0.15, 0.2) is 0 Å². The molecule has 0 aromatic rings. The van der Waals surface area contributed by atoms with Crippen molar-refractivity contribution in [3.63, 3.8) is 0 Å². The van der Waals surface area contributed by atoms with Crippen molar-refractivity contribution in [2.45, 2.75) is 115 Å². The van der Waals surface area contributed by atoms with Gasteiger partial charge in [-0.2, -0.15) is 4.08 Å². The summed E-state index contributed by atoms with van der Waals surface area (Å²) in [5, 5.41) is 7.64. The van der Waals surface area contributed by atoms with Crippen LogP contribution in [0.15, 0.2) is 0 Å². The lowest BCUT2D eigenvalue weighted by molar-refractivity contribution is 0.334. The van der Waals surface area contributed by atoms with Crippen molar-refractivity contribution in [3.05, 3.63) is 0 Å². The summed E-state index contributed by atoms with van der Waals surface area (Å²) in [7, 11) is -2.73. The van der Waals surface area contributed by atoms with Crippen LogP contribution in [0.25, 0.3) is 0 Å². The lowest BCUT2D eigenvalue weighted by Gasteiger charge is -2.41.